The van der Waals surface area contributed by atoms with Gasteiger partial charge in [0.1, 0.15) is 5.75 Å². The molecule has 0 saturated heterocycles. The number of phenols is 1. The van der Waals surface area contributed by atoms with Crippen molar-refractivity contribution in [2.24, 2.45) is 5.92 Å². The van der Waals surface area contributed by atoms with Crippen LogP contribution in [0.25, 0.3) is 0 Å². The highest BCUT2D eigenvalue weighted by Crippen LogP contribution is 2.49. The molecular formula is C21H27NO2. The molecule has 1 aliphatic carbocycles. The van der Waals surface area contributed by atoms with Crippen LogP contribution in [0.1, 0.15) is 42.9 Å². The van der Waals surface area contributed by atoms with Gasteiger partial charge in [0.05, 0.1) is 5.60 Å². The second-order valence-electron chi connectivity index (χ2n) is 7.14. The monoisotopic (exact) mass is 325 g/mol. The van der Waals surface area contributed by atoms with Gasteiger partial charge in [-0.25, -0.2) is 0 Å². The maximum Gasteiger partial charge on any atom is 0.115 e. The molecular weight excluding hydrogens is 298 g/mol. The number of benzene rings is 2. The minimum Gasteiger partial charge on any atom is -0.508 e. The quantitative estimate of drug-likeness (QED) is 0.890. The van der Waals surface area contributed by atoms with Crippen molar-refractivity contribution in [1.82, 2.24) is 4.90 Å². The Balaban J connectivity index is 2.03. The summed E-state index contributed by atoms with van der Waals surface area (Å²) in [6.07, 6.45) is 3.93. The molecule has 2 aromatic carbocycles. The smallest absolute Gasteiger partial charge is 0.115 e. The van der Waals surface area contributed by atoms with Gasteiger partial charge < -0.3 is 15.1 Å². The van der Waals surface area contributed by atoms with Crippen LogP contribution in [0.2, 0.25) is 0 Å². The molecule has 3 atom stereocenters. The van der Waals surface area contributed by atoms with Crippen LogP contribution in [0.15, 0.2) is 54.6 Å². The minimum atomic E-state index is -0.864. The number of hydrogen-bond donors (Lipinski definition) is 2. The molecule has 0 bridgehead atoms. The zero-order valence-corrected chi connectivity index (χ0v) is 14.5. The lowest BCUT2D eigenvalue weighted by Crippen LogP contribution is -2.44. The Labute approximate surface area is 144 Å². The third-order valence-corrected chi connectivity index (χ3v) is 5.38. The van der Waals surface area contributed by atoms with Crippen LogP contribution in [0.4, 0.5) is 0 Å². The second-order valence-corrected chi connectivity index (χ2v) is 7.14. The van der Waals surface area contributed by atoms with Gasteiger partial charge in [0, 0.05) is 12.0 Å². The molecule has 0 radical (unpaired) electrons. The van der Waals surface area contributed by atoms with Gasteiger partial charge in [0.15, 0.2) is 0 Å². The molecule has 3 nitrogen and oxygen atoms in total. The fourth-order valence-corrected chi connectivity index (χ4v) is 4.25. The van der Waals surface area contributed by atoms with Gasteiger partial charge in [-0.2, -0.15) is 0 Å². The van der Waals surface area contributed by atoms with E-state index in [4.69, 9.17) is 0 Å². The van der Waals surface area contributed by atoms with E-state index in [9.17, 15) is 10.2 Å². The van der Waals surface area contributed by atoms with Crippen LogP contribution in [0.3, 0.4) is 0 Å². The van der Waals surface area contributed by atoms with Crippen molar-refractivity contribution in [3.63, 3.8) is 0 Å². The Morgan fingerprint density at radius 1 is 1.00 bits per heavy atom. The Hall–Kier alpha value is -1.84. The van der Waals surface area contributed by atoms with Crippen molar-refractivity contribution in [1.29, 1.82) is 0 Å². The molecule has 1 saturated carbocycles. The highest BCUT2D eigenvalue weighted by atomic mass is 16.3. The zero-order valence-electron chi connectivity index (χ0n) is 14.5. The SMILES string of the molecule is CN(C)C(c1ccccc1)C1CCCCC1(O)c1ccc(O)cc1. The summed E-state index contributed by atoms with van der Waals surface area (Å²) in [6, 6.07) is 17.7. The van der Waals surface area contributed by atoms with Crippen molar-refractivity contribution >= 4 is 0 Å². The third kappa shape index (κ3) is 3.19. The van der Waals surface area contributed by atoms with Crippen LogP contribution in [0, 0.1) is 5.92 Å². The topological polar surface area (TPSA) is 43.7 Å². The van der Waals surface area contributed by atoms with E-state index in [2.05, 4.69) is 43.3 Å². The maximum absolute atomic E-state index is 11.7. The second kappa shape index (κ2) is 6.96. The number of phenolic OH excluding ortho intramolecular Hbond substituents is 1. The fourth-order valence-electron chi connectivity index (χ4n) is 4.25. The predicted octanol–water partition coefficient (Wildman–Crippen LogP) is 4.07. The molecule has 2 N–H and O–H groups in total. The zero-order chi connectivity index (χ0) is 17.2. The molecule has 0 heterocycles. The maximum atomic E-state index is 11.7. The Morgan fingerprint density at radius 3 is 2.29 bits per heavy atom. The molecule has 0 aliphatic heterocycles. The highest BCUT2D eigenvalue weighted by molar-refractivity contribution is 5.32. The number of aromatic hydroxyl groups is 1. The van der Waals surface area contributed by atoms with Gasteiger partial charge in [0.25, 0.3) is 0 Å². The van der Waals surface area contributed by atoms with E-state index in [1.54, 1.807) is 12.1 Å². The lowest BCUT2D eigenvalue weighted by atomic mass is 9.67. The summed E-state index contributed by atoms with van der Waals surface area (Å²) in [6.45, 7) is 0. The number of nitrogens with zero attached hydrogens (tertiary/aromatic N) is 1. The van der Waals surface area contributed by atoms with E-state index in [-0.39, 0.29) is 17.7 Å². The Kier molecular flexibility index (Phi) is 4.93. The van der Waals surface area contributed by atoms with Crippen LogP contribution in [0.5, 0.6) is 5.75 Å². The Bertz CT molecular complexity index is 653. The van der Waals surface area contributed by atoms with Crippen LogP contribution >= 0.6 is 0 Å². The molecule has 0 amide bonds. The number of hydrogen-bond acceptors (Lipinski definition) is 3. The van der Waals surface area contributed by atoms with Crippen LogP contribution < -0.4 is 0 Å². The van der Waals surface area contributed by atoms with Crippen molar-refractivity contribution in [3.8, 4) is 5.75 Å². The summed E-state index contributed by atoms with van der Waals surface area (Å²) in [5.74, 6) is 0.357. The van der Waals surface area contributed by atoms with E-state index in [1.807, 2.05) is 18.2 Å². The van der Waals surface area contributed by atoms with Crippen molar-refractivity contribution in [2.75, 3.05) is 14.1 Å². The normalized spacial score (nSPS) is 25.6. The molecule has 1 fully saturated rings. The molecule has 3 heteroatoms. The van der Waals surface area contributed by atoms with Crippen molar-refractivity contribution in [3.05, 3.63) is 65.7 Å². The van der Waals surface area contributed by atoms with Gasteiger partial charge in [0.2, 0.25) is 0 Å². The van der Waals surface area contributed by atoms with Gasteiger partial charge in [-0.3, -0.25) is 0 Å². The van der Waals surface area contributed by atoms with E-state index in [1.165, 1.54) is 5.56 Å². The summed E-state index contributed by atoms with van der Waals surface area (Å²) < 4.78 is 0. The minimum absolute atomic E-state index is 0.119. The standard InChI is InChI=1S/C21H27NO2/c1-22(2)20(16-8-4-3-5-9-16)19-10-6-7-15-21(19,24)17-11-13-18(23)14-12-17/h3-5,8-9,11-14,19-20,23-24H,6-7,10,15H2,1-2H3. The number of aliphatic hydroxyl groups is 1. The van der Waals surface area contributed by atoms with Gasteiger partial charge in [-0.1, -0.05) is 55.3 Å². The van der Waals surface area contributed by atoms with Crippen LogP contribution in [-0.4, -0.2) is 29.2 Å². The summed E-state index contributed by atoms with van der Waals surface area (Å²) in [4.78, 5) is 2.22. The molecule has 128 valence electrons. The lowest BCUT2D eigenvalue weighted by Gasteiger charge is -2.46. The largest absolute Gasteiger partial charge is 0.508 e. The van der Waals surface area contributed by atoms with Crippen molar-refractivity contribution < 1.29 is 10.2 Å². The Morgan fingerprint density at radius 2 is 1.67 bits per heavy atom. The molecule has 24 heavy (non-hydrogen) atoms. The molecule has 1 aliphatic rings. The molecule has 2 aromatic rings. The molecule has 3 rings (SSSR count). The van der Waals surface area contributed by atoms with Crippen LogP contribution in [-0.2, 0) is 5.60 Å². The summed E-state index contributed by atoms with van der Waals surface area (Å²) in [5, 5.41) is 21.3. The van der Waals surface area contributed by atoms with E-state index in [0.717, 1.165) is 31.2 Å². The predicted molar refractivity (Wildman–Crippen MR) is 96.8 cm³/mol. The van der Waals surface area contributed by atoms with Gasteiger partial charge >= 0.3 is 0 Å². The third-order valence-electron chi connectivity index (χ3n) is 5.38. The number of rotatable bonds is 4. The van der Waals surface area contributed by atoms with E-state index >= 15 is 0 Å². The first-order valence-electron chi connectivity index (χ1n) is 8.75. The summed E-state index contributed by atoms with van der Waals surface area (Å²) in [5.41, 5.74) is 1.29. The summed E-state index contributed by atoms with van der Waals surface area (Å²) in [7, 11) is 4.17. The van der Waals surface area contributed by atoms with E-state index < -0.39 is 5.60 Å². The highest BCUT2D eigenvalue weighted by Gasteiger charge is 2.45. The molecule has 0 aromatic heterocycles. The average molecular weight is 325 g/mol. The average Bonchev–Trinajstić information content (AvgIpc) is 2.58. The summed E-state index contributed by atoms with van der Waals surface area (Å²) >= 11 is 0. The van der Waals surface area contributed by atoms with E-state index in [0.29, 0.717) is 0 Å². The lowest BCUT2D eigenvalue weighted by molar-refractivity contribution is -0.0838. The first-order chi connectivity index (χ1) is 11.5. The fraction of sp³-hybridized carbons (Fsp3) is 0.429. The molecule has 3 unspecified atom stereocenters. The van der Waals surface area contributed by atoms with Gasteiger partial charge in [-0.05, 0) is 50.2 Å². The molecule has 0 spiro atoms. The van der Waals surface area contributed by atoms with Crippen molar-refractivity contribution in [2.45, 2.75) is 37.3 Å². The first kappa shape index (κ1) is 17.0. The van der Waals surface area contributed by atoms with Gasteiger partial charge in [-0.15, -0.1) is 0 Å². The first-order valence-corrected chi connectivity index (χ1v) is 8.75.